The van der Waals surface area contributed by atoms with Crippen molar-refractivity contribution < 1.29 is 4.52 Å². The average Bonchev–Trinajstić information content (AvgIpc) is 2.94. The molecule has 0 unspecified atom stereocenters. The topological polar surface area (TPSA) is 82.5 Å². The van der Waals surface area contributed by atoms with Crippen LogP contribution >= 0.6 is 11.8 Å². The maximum atomic E-state index is 5.17. The molecule has 0 spiro atoms. The van der Waals surface area contributed by atoms with Gasteiger partial charge in [0, 0.05) is 6.42 Å². The number of hydrogen-bond donors (Lipinski definition) is 0. The van der Waals surface area contributed by atoms with Crippen LogP contribution in [0.5, 0.6) is 0 Å². The van der Waals surface area contributed by atoms with Crippen LogP contribution in [0.3, 0.4) is 0 Å². The molecule has 2 aromatic heterocycles. The number of hydrogen-bond acceptors (Lipinski definition) is 7. The summed E-state index contributed by atoms with van der Waals surface area (Å²) in [5.41, 5.74) is 0. The van der Waals surface area contributed by atoms with Crippen LogP contribution in [0.1, 0.15) is 43.9 Å². The lowest BCUT2D eigenvalue weighted by atomic mass is 10.3. The highest BCUT2D eigenvalue weighted by Crippen LogP contribution is 2.36. The Kier molecular flexibility index (Phi) is 3.26. The van der Waals surface area contributed by atoms with Crippen molar-refractivity contribution in [2.75, 3.05) is 0 Å². The second kappa shape index (κ2) is 5.05. The van der Waals surface area contributed by atoms with Crippen LogP contribution in [-0.2, 0) is 12.2 Å². The number of rotatable bonds is 6. The van der Waals surface area contributed by atoms with Gasteiger partial charge in [-0.15, -0.1) is 5.10 Å². The minimum atomic E-state index is 0.487. The zero-order valence-corrected chi connectivity index (χ0v) is 10.9. The molecule has 0 aromatic carbocycles. The Hall–Kier alpha value is -1.44. The molecule has 2 heterocycles. The summed E-state index contributed by atoms with van der Waals surface area (Å²) in [6, 6.07) is 0.487. The maximum absolute atomic E-state index is 5.17. The number of aryl methyl sites for hydroxylation is 1. The van der Waals surface area contributed by atoms with Crippen molar-refractivity contribution in [2.24, 2.45) is 0 Å². The van der Waals surface area contributed by atoms with Crippen molar-refractivity contribution in [3.8, 4) is 0 Å². The highest BCUT2D eigenvalue weighted by molar-refractivity contribution is 7.98. The Morgan fingerprint density at radius 2 is 2.33 bits per heavy atom. The third-order valence-electron chi connectivity index (χ3n) is 2.66. The lowest BCUT2D eigenvalue weighted by Crippen LogP contribution is -1.98. The van der Waals surface area contributed by atoms with Crippen LogP contribution in [-0.4, -0.2) is 30.3 Å². The molecule has 96 valence electrons. The minimum absolute atomic E-state index is 0.487. The van der Waals surface area contributed by atoms with Gasteiger partial charge >= 0.3 is 0 Å². The highest BCUT2D eigenvalue weighted by atomic mass is 32.2. The second-order valence-corrected chi connectivity index (χ2v) is 5.22. The number of tetrazole rings is 1. The summed E-state index contributed by atoms with van der Waals surface area (Å²) in [4.78, 5) is 4.31. The number of thioether (sulfide) groups is 1. The molecule has 0 bridgehead atoms. The molecule has 3 rings (SSSR count). The van der Waals surface area contributed by atoms with Gasteiger partial charge in [-0.3, -0.25) is 0 Å². The number of aromatic nitrogens is 6. The standard InChI is InChI=1S/C10H14N6OS/c1-2-3-8-11-9(17-13-8)6-18-10-12-14-15-16(10)7-4-5-7/h7H,2-6H2,1H3. The maximum Gasteiger partial charge on any atom is 0.237 e. The highest BCUT2D eigenvalue weighted by Gasteiger charge is 2.28. The van der Waals surface area contributed by atoms with Gasteiger partial charge in [0.05, 0.1) is 11.8 Å². The van der Waals surface area contributed by atoms with Crippen LogP contribution in [0.4, 0.5) is 0 Å². The minimum Gasteiger partial charge on any atom is -0.338 e. The normalized spacial score (nSPS) is 15.2. The summed E-state index contributed by atoms with van der Waals surface area (Å²) in [5, 5.41) is 16.5. The third-order valence-corrected chi connectivity index (χ3v) is 3.58. The molecule has 18 heavy (non-hydrogen) atoms. The first-order valence-corrected chi connectivity index (χ1v) is 7.07. The van der Waals surface area contributed by atoms with Crippen molar-refractivity contribution in [2.45, 2.75) is 49.6 Å². The van der Waals surface area contributed by atoms with Crippen LogP contribution < -0.4 is 0 Å². The second-order valence-electron chi connectivity index (χ2n) is 4.28. The zero-order chi connectivity index (χ0) is 12.4. The molecule has 8 heteroatoms. The van der Waals surface area contributed by atoms with E-state index in [9.17, 15) is 0 Å². The average molecular weight is 266 g/mol. The van der Waals surface area contributed by atoms with Crippen molar-refractivity contribution in [1.29, 1.82) is 0 Å². The van der Waals surface area contributed by atoms with E-state index in [1.165, 1.54) is 24.6 Å². The first kappa shape index (κ1) is 11.6. The first-order chi connectivity index (χ1) is 8.86. The molecule has 1 saturated carbocycles. The van der Waals surface area contributed by atoms with Gasteiger partial charge in [0.2, 0.25) is 11.0 Å². The van der Waals surface area contributed by atoms with E-state index < -0.39 is 0 Å². The number of nitrogens with zero attached hydrogens (tertiary/aromatic N) is 6. The Morgan fingerprint density at radius 3 is 3.11 bits per heavy atom. The van der Waals surface area contributed by atoms with E-state index in [1.54, 1.807) is 0 Å². The fraction of sp³-hybridized carbons (Fsp3) is 0.700. The SMILES string of the molecule is CCCc1noc(CSc2nnnn2C2CC2)n1. The van der Waals surface area contributed by atoms with Crippen molar-refractivity contribution in [3.63, 3.8) is 0 Å². The molecule has 7 nitrogen and oxygen atoms in total. The molecule has 0 radical (unpaired) electrons. The summed E-state index contributed by atoms with van der Waals surface area (Å²) < 4.78 is 7.05. The van der Waals surface area contributed by atoms with Gasteiger partial charge in [-0.25, -0.2) is 4.68 Å². The quantitative estimate of drug-likeness (QED) is 0.735. The molecule has 0 amide bonds. The van der Waals surface area contributed by atoms with Gasteiger partial charge in [-0.1, -0.05) is 23.8 Å². The summed E-state index contributed by atoms with van der Waals surface area (Å²) >= 11 is 1.54. The predicted octanol–water partition coefficient (Wildman–Crippen LogP) is 1.64. The van der Waals surface area contributed by atoms with E-state index in [0.29, 0.717) is 17.7 Å². The Balaban J connectivity index is 1.60. The van der Waals surface area contributed by atoms with Crippen LogP contribution in [0.15, 0.2) is 9.68 Å². The summed E-state index contributed by atoms with van der Waals surface area (Å²) in [6.07, 6.45) is 4.21. The van der Waals surface area contributed by atoms with Crippen LogP contribution in [0.2, 0.25) is 0 Å². The smallest absolute Gasteiger partial charge is 0.237 e. The van der Waals surface area contributed by atoms with Gasteiger partial charge in [0.15, 0.2) is 5.82 Å². The van der Waals surface area contributed by atoms with Crippen molar-refractivity contribution >= 4 is 11.8 Å². The monoisotopic (exact) mass is 266 g/mol. The predicted molar refractivity (Wildman–Crippen MR) is 63.9 cm³/mol. The fourth-order valence-electron chi connectivity index (χ4n) is 1.63. The molecule has 1 aliphatic rings. The molecule has 0 saturated heterocycles. The van der Waals surface area contributed by atoms with Gasteiger partial charge in [-0.05, 0) is 29.7 Å². The summed E-state index contributed by atoms with van der Waals surface area (Å²) in [6.45, 7) is 2.09. The van der Waals surface area contributed by atoms with E-state index in [2.05, 4.69) is 32.6 Å². The molecule has 0 aliphatic heterocycles. The van der Waals surface area contributed by atoms with Crippen LogP contribution in [0, 0.1) is 0 Å². The molecular formula is C10H14N6OS. The van der Waals surface area contributed by atoms with E-state index in [1.807, 2.05) is 4.68 Å². The Bertz CT molecular complexity index is 520. The van der Waals surface area contributed by atoms with E-state index in [0.717, 1.165) is 23.8 Å². The molecule has 1 aliphatic carbocycles. The lowest BCUT2D eigenvalue weighted by Gasteiger charge is -1.98. The molecular weight excluding hydrogens is 252 g/mol. The summed E-state index contributed by atoms with van der Waals surface area (Å²) in [5.74, 6) is 2.02. The molecule has 0 atom stereocenters. The summed E-state index contributed by atoms with van der Waals surface area (Å²) in [7, 11) is 0. The van der Waals surface area contributed by atoms with E-state index in [-0.39, 0.29) is 0 Å². The van der Waals surface area contributed by atoms with Crippen molar-refractivity contribution in [3.05, 3.63) is 11.7 Å². The van der Waals surface area contributed by atoms with Gasteiger partial charge in [0.1, 0.15) is 0 Å². The third kappa shape index (κ3) is 2.53. The fourth-order valence-corrected chi connectivity index (χ4v) is 2.41. The van der Waals surface area contributed by atoms with Gasteiger partial charge < -0.3 is 4.52 Å². The van der Waals surface area contributed by atoms with Crippen molar-refractivity contribution in [1.82, 2.24) is 30.3 Å². The van der Waals surface area contributed by atoms with Crippen LogP contribution in [0.25, 0.3) is 0 Å². The lowest BCUT2D eigenvalue weighted by molar-refractivity contribution is 0.384. The molecule has 0 N–H and O–H groups in total. The molecule has 2 aromatic rings. The van der Waals surface area contributed by atoms with Gasteiger partial charge in [0.25, 0.3) is 0 Å². The zero-order valence-electron chi connectivity index (χ0n) is 10.1. The first-order valence-electron chi connectivity index (χ1n) is 6.09. The Morgan fingerprint density at radius 1 is 1.44 bits per heavy atom. The van der Waals surface area contributed by atoms with E-state index >= 15 is 0 Å². The van der Waals surface area contributed by atoms with Gasteiger partial charge in [-0.2, -0.15) is 4.98 Å². The van der Waals surface area contributed by atoms with E-state index in [4.69, 9.17) is 4.52 Å². The largest absolute Gasteiger partial charge is 0.338 e. The molecule has 1 fully saturated rings. The Labute approximate surface area is 108 Å².